The maximum absolute atomic E-state index is 5.93. The fraction of sp³-hybridized carbons (Fsp3) is 0.273. The minimum absolute atomic E-state index is 0.434. The van der Waals surface area contributed by atoms with Crippen molar-refractivity contribution < 1.29 is 9.47 Å². The maximum Gasteiger partial charge on any atom is 0.222 e. The van der Waals surface area contributed by atoms with E-state index in [1.807, 2.05) is 42.5 Å². The molecule has 3 heteroatoms. The average molecular weight is 353 g/mol. The zero-order valence-corrected chi connectivity index (χ0v) is 14.8. The molecule has 0 aromatic heterocycles. The first kappa shape index (κ1) is 17.8. The summed E-state index contributed by atoms with van der Waals surface area (Å²) in [5, 5.41) is 0.741. The molecule has 25 heavy (non-hydrogen) atoms. The molecular formula is C22H21ClO2. The van der Waals surface area contributed by atoms with Crippen molar-refractivity contribution in [3.63, 3.8) is 0 Å². The Kier molecular flexibility index (Phi) is 6.30. The number of hydrogen-bond acceptors (Lipinski definition) is 2. The Morgan fingerprint density at radius 3 is 2.20 bits per heavy atom. The normalized spacial score (nSPS) is 19.7. The molecule has 128 valence electrons. The first-order valence-corrected chi connectivity index (χ1v) is 8.84. The first-order valence-electron chi connectivity index (χ1n) is 8.46. The molecule has 0 aliphatic carbocycles. The summed E-state index contributed by atoms with van der Waals surface area (Å²) in [6.45, 7) is 5.14. The molecule has 2 nitrogen and oxygen atoms in total. The highest BCUT2D eigenvalue weighted by Gasteiger charge is 2.19. The van der Waals surface area contributed by atoms with Crippen molar-refractivity contribution in [1.29, 1.82) is 0 Å². The smallest absolute Gasteiger partial charge is 0.222 e. The number of halogens is 1. The van der Waals surface area contributed by atoms with Crippen molar-refractivity contribution in [2.75, 3.05) is 13.2 Å². The summed E-state index contributed by atoms with van der Waals surface area (Å²) in [6, 6.07) is 15.9. The summed E-state index contributed by atoms with van der Waals surface area (Å²) >= 11 is 5.93. The summed E-state index contributed by atoms with van der Waals surface area (Å²) in [7, 11) is 0. The summed E-state index contributed by atoms with van der Waals surface area (Å²) in [5.74, 6) is 6.61. The maximum atomic E-state index is 5.93. The second kappa shape index (κ2) is 8.87. The molecule has 1 aliphatic heterocycles. The molecule has 0 radical (unpaired) electrons. The lowest BCUT2D eigenvalue weighted by atomic mass is 10.0. The van der Waals surface area contributed by atoms with E-state index in [9.17, 15) is 0 Å². The van der Waals surface area contributed by atoms with Crippen LogP contribution >= 0.6 is 11.6 Å². The summed E-state index contributed by atoms with van der Waals surface area (Å²) < 4.78 is 11.3. The predicted molar refractivity (Wildman–Crippen MR) is 102 cm³/mol. The molecule has 2 aromatic carbocycles. The molecule has 1 aliphatic rings. The molecule has 1 saturated heterocycles. The van der Waals surface area contributed by atoms with Gasteiger partial charge in [-0.05, 0) is 54.2 Å². The number of hydrogen-bond donors (Lipinski definition) is 0. The Labute approximate surface area is 154 Å². The Bertz CT molecular complexity index is 745. The quantitative estimate of drug-likeness (QED) is 0.548. The van der Waals surface area contributed by atoms with Gasteiger partial charge in [-0.25, -0.2) is 0 Å². The largest absolute Gasteiger partial charge is 0.342 e. The Morgan fingerprint density at radius 2 is 1.60 bits per heavy atom. The SMILES string of the molecule is C=CCC[C@H]1CO[C@H](C#Cc2ccc(-c3ccc(Cl)cc3)cc2)OC1. The molecule has 2 aromatic rings. The molecule has 3 rings (SSSR count). The van der Waals surface area contributed by atoms with E-state index in [-0.39, 0.29) is 0 Å². The highest BCUT2D eigenvalue weighted by molar-refractivity contribution is 6.30. The Balaban J connectivity index is 1.57. The molecule has 0 spiro atoms. The molecule has 0 atom stereocenters. The Hall–Kier alpha value is -2.05. The molecule has 1 heterocycles. The minimum atomic E-state index is -0.434. The van der Waals surface area contributed by atoms with Gasteiger partial charge < -0.3 is 9.47 Å². The highest BCUT2D eigenvalue weighted by atomic mass is 35.5. The fourth-order valence-corrected chi connectivity index (χ4v) is 2.80. The van der Waals surface area contributed by atoms with Gasteiger partial charge in [-0.15, -0.1) is 6.58 Å². The van der Waals surface area contributed by atoms with Crippen LogP contribution in [0.3, 0.4) is 0 Å². The monoisotopic (exact) mass is 352 g/mol. The van der Waals surface area contributed by atoms with Gasteiger partial charge in [0.1, 0.15) is 0 Å². The molecule has 0 bridgehead atoms. The van der Waals surface area contributed by atoms with E-state index in [4.69, 9.17) is 21.1 Å². The van der Waals surface area contributed by atoms with Crippen molar-refractivity contribution in [2.45, 2.75) is 19.1 Å². The first-order chi connectivity index (χ1) is 12.2. The van der Waals surface area contributed by atoms with Crippen molar-refractivity contribution in [2.24, 2.45) is 5.92 Å². The topological polar surface area (TPSA) is 18.5 Å². The zero-order valence-electron chi connectivity index (χ0n) is 14.1. The molecule has 0 N–H and O–H groups in total. The van der Waals surface area contributed by atoms with Crippen LogP contribution < -0.4 is 0 Å². The van der Waals surface area contributed by atoms with Gasteiger partial charge >= 0.3 is 0 Å². The van der Waals surface area contributed by atoms with Gasteiger partial charge in [-0.2, -0.15) is 0 Å². The van der Waals surface area contributed by atoms with Crippen LogP contribution in [0.5, 0.6) is 0 Å². The van der Waals surface area contributed by atoms with Crippen LogP contribution in [0.1, 0.15) is 18.4 Å². The molecule has 0 amide bonds. The molecule has 1 fully saturated rings. The molecular weight excluding hydrogens is 332 g/mol. The van der Waals surface area contributed by atoms with Crippen LogP contribution in [-0.4, -0.2) is 19.5 Å². The third-order valence-electron chi connectivity index (χ3n) is 4.14. The van der Waals surface area contributed by atoms with Gasteiger partial charge in [0, 0.05) is 16.5 Å². The van der Waals surface area contributed by atoms with Gasteiger partial charge in [0.15, 0.2) is 0 Å². The standard InChI is InChI=1S/C22H21ClO2/c1-2-3-4-18-15-24-22(25-16-18)14-7-17-5-8-19(9-6-17)20-10-12-21(23)13-11-20/h2,5-6,8-13,18,22H,1,3-4,15-16H2/t18-,22-. The van der Waals surface area contributed by atoms with Crippen LogP contribution in [0, 0.1) is 17.8 Å². The van der Waals surface area contributed by atoms with Crippen molar-refractivity contribution in [1.82, 2.24) is 0 Å². The summed E-state index contributed by atoms with van der Waals surface area (Å²) in [5.41, 5.74) is 3.21. The van der Waals surface area contributed by atoms with Crippen LogP contribution in [0.15, 0.2) is 61.2 Å². The highest BCUT2D eigenvalue weighted by Crippen LogP contribution is 2.22. The van der Waals surface area contributed by atoms with Crippen molar-refractivity contribution in [3.8, 4) is 23.0 Å². The number of allylic oxidation sites excluding steroid dienone is 1. The fourth-order valence-electron chi connectivity index (χ4n) is 2.68. The van der Waals surface area contributed by atoms with E-state index in [2.05, 4.69) is 30.6 Å². The number of rotatable bonds is 4. The zero-order chi connectivity index (χ0) is 17.5. The van der Waals surface area contributed by atoms with Crippen LogP contribution in [-0.2, 0) is 9.47 Å². The lowest BCUT2D eigenvalue weighted by Gasteiger charge is -2.26. The number of ether oxygens (including phenoxy) is 2. The van der Waals surface area contributed by atoms with Gasteiger partial charge in [-0.1, -0.05) is 47.9 Å². The van der Waals surface area contributed by atoms with Crippen molar-refractivity contribution >= 4 is 11.6 Å². The van der Waals surface area contributed by atoms with Crippen LogP contribution in [0.4, 0.5) is 0 Å². The van der Waals surface area contributed by atoms with Gasteiger partial charge in [0.25, 0.3) is 0 Å². The van der Waals surface area contributed by atoms with E-state index < -0.39 is 6.29 Å². The van der Waals surface area contributed by atoms with Crippen LogP contribution in [0.25, 0.3) is 11.1 Å². The minimum Gasteiger partial charge on any atom is -0.342 e. The Morgan fingerprint density at radius 1 is 1.00 bits per heavy atom. The van der Waals surface area contributed by atoms with E-state index in [1.165, 1.54) is 0 Å². The van der Waals surface area contributed by atoms with Gasteiger partial charge in [-0.3, -0.25) is 0 Å². The van der Waals surface area contributed by atoms with Crippen molar-refractivity contribution in [3.05, 3.63) is 71.8 Å². The second-order valence-corrected chi connectivity index (χ2v) is 6.52. The lowest BCUT2D eigenvalue weighted by Crippen LogP contribution is -2.31. The lowest BCUT2D eigenvalue weighted by molar-refractivity contribution is -0.169. The third kappa shape index (κ3) is 5.21. The predicted octanol–water partition coefficient (Wildman–Crippen LogP) is 5.31. The van der Waals surface area contributed by atoms with E-state index in [0.29, 0.717) is 19.1 Å². The third-order valence-corrected chi connectivity index (χ3v) is 4.39. The van der Waals surface area contributed by atoms with E-state index >= 15 is 0 Å². The summed E-state index contributed by atoms with van der Waals surface area (Å²) in [6.07, 6.45) is 3.54. The van der Waals surface area contributed by atoms with Gasteiger partial charge in [0.05, 0.1) is 13.2 Å². The molecule has 0 unspecified atom stereocenters. The average Bonchev–Trinajstić information content (AvgIpc) is 2.67. The van der Waals surface area contributed by atoms with Gasteiger partial charge in [0.2, 0.25) is 6.29 Å². The number of benzene rings is 2. The summed E-state index contributed by atoms with van der Waals surface area (Å²) in [4.78, 5) is 0. The van der Waals surface area contributed by atoms with E-state index in [0.717, 1.165) is 34.6 Å². The van der Waals surface area contributed by atoms with Crippen LogP contribution in [0.2, 0.25) is 5.02 Å². The van der Waals surface area contributed by atoms with E-state index in [1.54, 1.807) is 0 Å². The second-order valence-electron chi connectivity index (χ2n) is 6.08. The molecule has 0 saturated carbocycles.